The minimum absolute atomic E-state index is 0.410. The summed E-state index contributed by atoms with van der Waals surface area (Å²) < 4.78 is 0. The first-order valence-corrected chi connectivity index (χ1v) is 6.45. The van der Waals surface area contributed by atoms with Crippen LogP contribution in [0.15, 0.2) is 0 Å². The van der Waals surface area contributed by atoms with Gasteiger partial charge < -0.3 is 5.32 Å². The summed E-state index contributed by atoms with van der Waals surface area (Å²) in [5.41, 5.74) is 0. The fourth-order valence-corrected chi connectivity index (χ4v) is 1.47. The minimum atomic E-state index is 0.410. The molecule has 0 saturated carbocycles. The van der Waals surface area contributed by atoms with Gasteiger partial charge in [0.15, 0.2) is 0 Å². The maximum Gasteiger partial charge on any atom is 0.132 e. The quantitative estimate of drug-likeness (QED) is 0.564. The number of carbonyl (C=O) groups excluding carboxylic acids is 1. The highest BCUT2D eigenvalue weighted by Gasteiger charge is 1.98. The molecule has 0 heterocycles. The van der Waals surface area contributed by atoms with Crippen LogP contribution in [0, 0.1) is 0 Å². The van der Waals surface area contributed by atoms with Gasteiger partial charge in [0.2, 0.25) is 0 Å². The number of unbranched alkanes of at least 4 members (excludes halogenated alkanes) is 3. The van der Waals surface area contributed by atoms with E-state index in [2.05, 4.69) is 19.2 Å². The average molecular weight is 213 g/mol. The van der Waals surface area contributed by atoms with E-state index in [1.807, 2.05) is 6.92 Å². The fourth-order valence-electron chi connectivity index (χ4n) is 1.47. The van der Waals surface area contributed by atoms with Crippen molar-refractivity contribution in [2.75, 3.05) is 6.54 Å². The lowest BCUT2D eigenvalue weighted by Gasteiger charge is -2.10. The van der Waals surface area contributed by atoms with E-state index in [0.717, 1.165) is 19.4 Å². The summed E-state index contributed by atoms with van der Waals surface area (Å²) in [4.78, 5) is 11.0. The molecular formula is C13H27NO. The van der Waals surface area contributed by atoms with Gasteiger partial charge in [0.05, 0.1) is 0 Å². The molecule has 0 saturated heterocycles. The molecule has 0 fully saturated rings. The third kappa shape index (κ3) is 9.92. The Bertz CT molecular complexity index is 157. The van der Waals surface area contributed by atoms with Crippen LogP contribution in [-0.4, -0.2) is 18.4 Å². The molecule has 1 unspecified atom stereocenters. The normalized spacial score (nSPS) is 12.7. The summed E-state index contributed by atoms with van der Waals surface area (Å²) in [6.45, 7) is 7.49. The number of carbonyl (C=O) groups is 1. The van der Waals surface area contributed by atoms with Crippen LogP contribution in [0.5, 0.6) is 0 Å². The van der Waals surface area contributed by atoms with Crippen LogP contribution >= 0.6 is 0 Å². The van der Waals surface area contributed by atoms with Gasteiger partial charge in [-0.25, -0.2) is 0 Å². The van der Waals surface area contributed by atoms with Crippen molar-refractivity contribution in [2.24, 2.45) is 0 Å². The number of nitrogens with one attached hydrogen (secondary N) is 1. The Balaban J connectivity index is 3.08. The lowest BCUT2D eigenvalue weighted by atomic mass is 10.1. The van der Waals surface area contributed by atoms with Crippen LogP contribution in [-0.2, 0) is 4.79 Å². The molecule has 0 aliphatic heterocycles. The molecule has 1 atom stereocenters. The molecule has 0 aromatic carbocycles. The molecule has 0 aliphatic carbocycles. The molecule has 0 bridgehead atoms. The highest BCUT2D eigenvalue weighted by molar-refractivity contribution is 5.77. The van der Waals surface area contributed by atoms with Crippen molar-refractivity contribution >= 4 is 5.78 Å². The van der Waals surface area contributed by atoms with E-state index < -0.39 is 0 Å². The fraction of sp³-hybridized carbons (Fsp3) is 0.923. The van der Waals surface area contributed by atoms with E-state index in [9.17, 15) is 4.79 Å². The van der Waals surface area contributed by atoms with Gasteiger partial charge >= 0.3 is 0 Å². The summed E-state index contributed by atoms with van der Waals surface area (Å²) in [5.74, 6) is 0.410. The first-order valence-electron chi connectivity index (χ1n) is 6.45. The van der Waals surface area contributed by atoms with Crippen LogP contribution in [0.2, 0.25) is 0 Å². The first-order chi connectivity index (χ1) is 7.20. The molecule has 2 nitrogen and oxygen atoms in total. The Morgan fingerprint density at radius 1 is 1.13 bits per heavy atom. The van der Waals surface area contributed by atoms with Gasteiger partial charge in [-0.05, 0) is 32.7 Å². The van der Waals surface area contributed by atoms with Crippen molar-refractivity contribution in [3.8, 4) is 0 Å². The topological polar surface area (TPSA) is 29.1 Å². The molecule has 2 heteroatoms. The summed E-state index contributed by atoms with van der Waals surface area (Å²) in [5, 5.41) is 3.48. The molecular weight excluding hydrogens is 186 g/mol. The zero-order chi connectivity index (χ0) is 11.5. The lowest BCUT2D eigenvalue weighted by Crippen LogP contribution is -2.25. The van der Waals surface area contributed by atoms with Gasteiger partial charge in [-0.1, -0.05) is 26.7 Å². The largest absolute Gasteiger partial charge is 0.314 e. The maximum atomic E-state index is 11.0. The van der Waals surface area contributed by atoms with E-state index in [1.165, 1.54) is 25.7 Å². The van der Waals surface area contributed by atoms with E-state index in [0.29, 0.717) is 18.2 Å². The molecule has 0 aromatic heterocycles. The van der Waals surface area contributed by atoms with Crippen molar-refractivity contribution in [1.82, 2.24) is 5.32 Å². The summed E-state index contributed by atoms with van der Waals surface area (Å²) in [6, 6.07) is 0.645. The number of rotatable bonds is 10. The van der Waals surface area contributed by atoms with Crippen LogP contribution in [0.25, 0.3) is 0 Å². The molecule has 0 aliphatic rings. The van der Waals surface area contributed by atoms with E-state index in [-0.39, 0.29) is 0 Å². The molecule has 0 radical (unpaired) electrons. The molecule has 0 amide bonds. The Morgan fingerprint density at radius 2 is 1.80 bits per heavy atom. The average Bonchev–Trinajstić information content (AvgIpc) is 2.26. The van der Waals surface area contributed by atoms with Crippen molar-refractivity contribution in [1.29, 1.82) is 0 Å². The Hall–Kier alpha value is -0.370. The first kappa shape index (κ1) is 14.6. The highest BCUT2D eigenvalue weighted by Crippen LogP contribution is 2.04. The Kier molecular flexibility index (Phi) is 9.91. The van der Waals surface area contributed by atoms with Gasteiger partial charge in [0, 0.05) is 18.9 Å². The standard InChI is InChI=1S/C13H27NO/c1-4-12(3)14-11-9-7-6-8-10-13(15)5-2/h12,14H,4-11H2,1-3H3. The van der Waals surface area contributed by atoms with E-state index in [4.69, 9.17) is 0 Å². The number of ketones is 1. The number of hydrogen-bond donors (Lipinski definition) is 1. The second-order valence-electron chi connectivity index (χ2n) is 4.32. The lowest BCUT2D eigenvalue weighted by molar-refractivity contribution is -0.118. The smallest absolute Gasteiger partial charge is 0.132 e. The van der Waals surface area contributed by atoms with Gasteiger partial charge in [-0.3, -0.25) is 4.79 Å². The summed E-state index contributed by atoms with van der Waals surface area (Å²) >= 11 is 0. The highest BCUT2D eigenvalue weighted by atomic mass is 16.1. The number of Topliss-reactive ketones (excluding diaryl/α,β-unsaturated/α-hetero) is 1. The molecule has 0 aromatic rings. The summed E-state index contributed by atoms with van der Waals surface area (Å²) in [6.07, 6.45) is 7.46. The SMILES string of the molecule is CCC(=O)CCCCCCNC(C)CC. The number of hydrogen-bond acceptors (Lipinski definition) is 2. The van der Waals surface area contributed by atoms with Gasteiger partial charge in [0.25, 0.3) is 0 Å². The predicted octanol–water partition coefficient (Wildman–Crippen LogP) is 3.30. The second-order valence-corrected chi connectivity index (χ2v) is 4.32. The van der Waals surface area contributed by atoms with Crippen LogP contribution in [0.1, 0.15) is 65.7 Å². The third-order valence-corrected chi connectivity index (χ3v) is 2.88. The van der Waals surface area contributed by atoms with Gasteiger partial charge in [-0.2, -0.15) is 0 Å². The van der Waals surface area contributed by atoms with Crippen LogP contribution < -0.4 is 5.32 Å². The minimum Gasteiger partial charge on any atom is -0.314 e. The molecule has 0 rings (SSSR count). The molecule has 90 valence electrons. The summed E-state index contributed by atoms with van der Waals surface area (Å²) in [7, 11) is 0. The van der Waals surface area contributed by atoms with E-state index in [1.54, 1.807) is 0 Å². The van der Waals surface area contributed by atoms with Crippen molar-refractivity contribution in [2.45, 2.75) is 71.8 Å². The second kappa shape index (κ2) is 10.2. The third-order valence-electron chi connectivity index (χ3n) is 2.88. The predicted molar refractivity (Wildman–Crippen MR) is 66.1 cm³/mol. The zero-order valence-corrected chi connectivity index (χ0v) is 10.6. The van der Waals surface area contributed by atoms with Crippen LogP contribution in [0.4, 0.5) is 0 Å². The monoisotopic (exact) mass is 213 g/mol. The van der Waals surface area contributed by atoms with Gasteiger partial charge in [-0.15, -0.1) is 0 Å². The Morgan fingerprint density at radius 3 is 2.40 bits per heavy atom. The van der Waals surface area contributed by atoms with E-state index >= 15 is 0 Å². The zero-order valence-electron chi connectivity index (χ0n) is 10.6. The van der Waals surface area contributed by atoms with Crippen LogP contribution in [0.3, 0.4) is 0 Å². The van der Waals surface area contributed by atoms with Gasteiger partial charge in [0.1, 0.15) is 5.78 Å². The Labute approximate surface area is 94.8 Å². The van der Waals surface area contributed by atoms with Crippen molar-refractivity contribution in [3.05, 3.63) is 0 Å². The molecule has 15 heavy (non-hydrogen) atoms. The van der Waals surface area contributed by atoms with Crippen molar-refractivity contribution < 1.29 is 4.79 Å². The van der Waals surface area contributed by atoms with Crippen molar-refractivity contribution in [3.63, 3.8) is 0 Å². The molecule has 1 N–H and O–H groups in total. The maximum absolute atomic E-state index is 11.0. The molecule has 0 spiro atoms.